The lowest BCUT2D eigenvalue weighted by Gasteiger charge is -2.15. The third-order valence-corrected chi connectivity index (χ3v) is 2.14. The van der Waals surface area contributed by atoms with Crippen LogP contribution in [0.2, 0.25) is 0 Å². The number of rotatable bonds is 3. The molecule has 0 saturated heterocycles. The van der Waals surface area contributed by atoms with E-state index in [0.29, 0.717) is 6.54 Å². The molecular formula is C11H16N2O2. The fraction of sp³-hybridized carbons (Fsp3) is 0.364. The van der Waals surface area contributed by atoms with Crippen LogP contribution in [0.3, 0.4) is 0 Å². The van der Waals surface area contributed by atoms with Crippen molar-refractivity contribution in [1.29, 1.82) is 0 Å². The van der Waals surface area contributed by atoms with E-state index in [-0.39, 0.29) is 6.03 Å². The molecule has 15 heavy (non-hydrogen) atoms. The van der Waals surface area contributed by atoms with Crippen LogP contribution < -0.4 is 10.1 Å². The van der Waals surface area contributed by atoms with Crippen LogP contribution in [0, 0.1) is 0 Å². The lowest BCUT2D eigenvalue weighted by atomic mass is 10.3. The Hall–Kier alpha value is -1.71. The van der Waals surface area contributed by atoms with Gasteiger partial charge in [0.25, 0.3) is 0 Å². The van der Waals surface area contributed by atoms with E-state index in [1.54, 1.807) is 25.1 Å². The van der Waals surface area contributed by atoms with E-state index in [9.17, 15) is 4.79 Å². The average molecular weight is 208 g/mol. The van der Waals surface area contributed by atoms with E-state index in [1.165, 1.54) is 0 Å². The zero-order chi connectivity index (χ0) is 11.3. The second kappa shape index (κ2) is 5.24. The number of methoxy groups -OCH3 is 1. The number of urea groups is 1. The molecule has 1 N–H and O–H groups in total. The molecule has 1 aromatic carbocycles. The van der Waals surface area contributed by atoms with Gasteiger partial charge in [-0.2, -0.15) is 0 Å². The summed E-state index contributed by atoms with van der Waals surface area (Å²) in [5, 5.41) is 2.77. The molecule has 0 aliphatic carbocycles. The van der Waals surface area contributed by atoms with E-state index >= 15 is 0 Å². The maximum Gasteiger partial charge on any atom is 0.321 e. The van der Waals surface area contributed by atoms with Crippen molar-refractivity contribution in [3.8, 4) is 5.75 Å². The van der Waals surface area contributed by atoms with Gasteiger partial charge in [0.15, 0.2) is 0 Å². The standard InChI is InChI=1S/C11H16N2O2/c1-4-13(2)11(14)12-9-6-5-7-10(8-9)15-3/h5-8H,4H2,1-3H3,(H,12,14). The number of anilines is 1. The Labute approximate surface area is 89.8 Å². The number of amides is 2. The summed E-state index contributed by atoms with van der Waals surface area (Å²) in [6, 6.07) is 7.15. The molecule has 4 nitrogen and oxygen atoms in total. The lowest BCUT2D eigenvalue weighted by molar-refractivity contribution is 0.224. The number of benzene rings is 1. The fourth-order valence-electron chi connectivity index (χ4n) is 1.06. The van der Waals surface area contributed by atoms with E-state index in [0.717, 1.165) is 11.4 Å². The Bertz CT molecular complexity index is 339. The minimum Gasteiger partial charge on any atom is -0.497 e. The number of nitrogens with zero attached hydrogens (tertiary/aromatic N) is 1. The van der Waals surface area contributed by atoms with Crippen molar-refractivity contribution in [2.75, 3.05) is 26.0 Å². The van der Waals surface area contributed by atoms with Crippen LogP contribution in [0.15, 0.2) is 24.3 Å². The Balaban J connectivity index is 2.68. The number of hydrogen-bond donors (Lipinski definition) is 1. The third kappa shape index (κ3) is 3.16. The molecular weight excluding hydrogens is 192 g/mol. The molecule has 4 heteroatoms. The summed E-state index contributed by atoms with van der Waals surface area (Å²) in [4.78, 5) is 13.1. The SMILES string of the molecule is CCN(C)C(=O)Nc1cccc(OC)c1. The van der Waals surface area contributed by atoms with Gasteiger partial charge in [-0.1, -0.05) is 6.07 Å². The summed E-state index contributed by atoms with van der Waals surface area (Å²) in [5.74, 6) is 0.729. The molecule has 0 bridgehead atoms. The van der Waals surface area contributed by atoms with Crippen molar-refractivity contribution < 1.29 is 9.53 Å². The Morgan fingerprint density at radius 2 is 2.27 bits per heavy atom. The van der Waals surface area contributed by atoms with Crippen LogP contribution in [0.5, 0.6) is 5.75 Å². The van der Waals surface area contributed by atoms with Gasteiger partial charge >= 0.3 is 6.03 Å². The summed E-state index contributed by atoms with van der Waals surface area (Å²) in [7, 11) is 3.34. The van der Waals surface area contributed by atoms with Gasteiger partial charge in [0.05, 0.1) is 7.11 Å². The van der Waals surface area contributed by atoms with E-state index < -0.39 is 0 Å². The molecule has 0 atom stereocenters. The van der Waals surface area contributed by atoms with Crippen molar-refractivity contribution in [2.24, 2.45) is 0 Å². The van der Waals surface area contributed by atoms with Gasteiger partial charge in [0.1, 0.15) is 5.75 Å². The highest BCUT2D eigenvalue weighted by Crippen LogP contribution is 2.16. The average Bonchev–Trinajstić information content (AvgIpc) is 2.28. The van der Waals surface area contributed by atoms with E-state index in [2.05, 4.69) is 5.32 Å². The van der Waals surface area contributed by atoms with Crippen LogP contribution in [-0.2, 0) is 0 Å². The number of nitrogens with one attached hydrogen (secondary N) is 1. The maximum atomic E-state index is 11.5. The van der Waals surface area contributed by atoms with Crippen LogP contribution in [0.1, 0.15) is 6.92 Å². The van der Waals surface area contributed by atoms with Gasteiger partial charge < -0.3 is 15.0 Å². The van der Waals surface area contributed by atoms with Crippen molar-refractivity contribution in [2.45, 2.75) is 6.92 Å². The second-order valence-corrected chi connectivity index (χ2v) is 3.18. The summed E-state index contributed by atoms with van der Waals surface area (Å²) < 4.78 is 5.06. The molecule has 0 aliphatic rings. The number of carbonyl (C=O) groups excluding carboxylic acids is 1. The van der Waals surface area contributed by atoms with Crippen LogP contribution in [0.25, 0.3) is 0 Å². The molecule has 0 spiro atoms. The monoisotopic (exact) mass is 208 g/mol. The predicted molar refractivity (Wildman–Crippen MR) is 60.3 cm³/mol. The van der Waals surface area contributed by atoms with Crippen molar-refractivity contribution in [3.05, 3.63) is 24.3 Å². The van der Waals surface area contributed by atoms with Crippen LogP contribution >= 0.6 is 0 Å². The van der Waals surface area contributed by atoms with Crippen LogP contribution in [0.4, 0.5) is 10.5 Å². The highest BCUT2D eigenvalue weighted by molar-refractivity contribution is 5.89. The highest BCUT2D eigenvalue weighted by atomic mass is 16.5. The quantitative estimate of drug-likeness (QED) is 0.827. The van der Waals surface area contributed by atoms with Gasteiger partial charge in [0.2, 0.25) is 0 Å². The highest BCUT2D eigenvalue weighted by Gasteiger charge is 2.06. The van der Waals surface area contributed by atoms with Gasteiger partial charge in [-0.25, -0.2) is 4.79 Å². The molecule has 1 rings (SSSR count). The van der Waals surface area contributed by atoms with Crippen molar-refractivity contribution >= 4 is 11.7 Å². The molecule has 0 aliphatic heterocycles. The number of ether oxygens (including phenoxy) is 1. The molecule has 82 valence electrons. The van der Waals surface area contributed by atoms with Gasteiger partial charge in [-0.3, -0.25) is 0 Å². The zero-order valence-electron chi connectivity index (χ0n) is 9.28. The molecule has 2 amide bonds. The van der Waals surface area contributed by atoms with Crippen LogP contribution in [-0.4, -0.2) is 31.6 Å². The topological polar surface area (TPSA) is 41.6 Å². The fourth-order valence-corrected chi connectivity index (χ4v) is 1.06. The summed E-state index contributed by atoms with van der Waals surface area (Å²) in [6.07, 6.45) is 0. The van der Waals surface area contributed by atoms with E-state index in [1.807, 2.05) is 25.1 Å². The molecule has 0 saturated carbocycles. The largest absolute Gasteiger partial charge is 0.497 e. The Morgan fingerprint density at radius 1 is 1.53 bits per heavy atom. The Morgan fingerprint density at radius 3 is 2.87 bits per heavy atom. The van der Waals surface area contributed by atoms with Crippen molar-refractivity contribution in [3.63, 3.8) is 0 Å². The number of carbonyl (C=O) groups is 1. The van der Waals surface area contributed by atoms with Gasteiger partial charge in [0, 0.05) is 25.3 Å². The second-order valence-electron chi connectivity index (χ2n) is 3.18. The maximum absolute atomic E-state index is 11.5. The molecule has 1 aromatic rings. The number of hydrogen-bond acceptors (Lipinski definition) is 2. The molecule has 0 fully saturated rings. The van der Waals surface area contributed by atoms with Crippen molar-refractivity contribution in [1.82, 2.24) is 4.90 Å². The van der Waals surface area contributed by atoms with Gasteiger partial charge in [-0.15, -0.1) is 0 Å². The molecule has 0 radical (unpaired) electrons. The Kier molecular flexibility index (Phi) is 3.97. The smallest absolute Gasteiger partial charge is 0.321 e. The molecule has 0 heterocycles. The first-order valence-corrected chi connectivity index (χ1v) is 4.83. The first-order chi connectivity index (χ1) is 7.17. The zero-order valence-corrected chi connectivity index (χ0v) is 9.28. The molecule has 0 unspecified atom stereocenters. The van der Waals surface area contributed by atoms with Gasteiger partial charge in [-0.05, 0) is 19.1 Å². The summed E-state index contributed by atoms with van der Waals surface area (Å²) in [6.45, 7) is 2.60. The lowest BCUT2D eigenvalue weighted by Crippen LogP contribution is -2.30. The van der Waals surface area contributed by atoms with E-state index in [4.69, 9.17) is 4.74 Å². The summed E-state index contributed by atoms with van der Waals surface area (Å²) >= 11 is 0. The predicted octanol–water partition coefficient (Wildman–Crippen LogP) is 2.18. The minimum absolute atomic E-state index is 0.120. The normalized spacial score (nSPS) is 9.53. The summed E-state index contributed by atoms with van der Waals surface area (Å²) in [5.41, 5.74) is 0.736. The first kappa shape index (κ1) is 11.4. The minimum atomic E-state index is -0.120. The first-order valence-electron chi connectivity index (χ1n) is 4.83. The molecule has 0 aromatic heterocycles. The third-order valence-electron chi connectivity index (χ3n) is 2.14.